The van der Waals surface area contributed by atoms with Gasteiger partial charge in [-0.2, -0.15) is 0 Å². The number of allylic oxidation sites excluding steroid dienone is 13. The van der Waals surface area contributed by atoms with Gasteiger partial charge in [0.2, 0.25) is 0 Å². The Kier molecular flexibility index (Phi) is 14.5. The van der Waals surface area contributed by atoms with Gasteiger partial charge in [0.05, 0.1) is 5.92 Å². The summed E-state index contributed by atoms with van der Waals surface area (Å²) in [6.45, 7) is 9.26. The number of halogens is 1. The van der Waals surface area contributed by atoms with E-state index in [2.05, 4.69) is 62.6 Å². The minimum atomic E-state index is -0.850. The molecule has 2 rings (SSSR count). The maximum Gasteiger partial charge on any atom is 0.310 e. The van der Waals surface area contributed by atoms with Crippen LogP contribution in [0.5, 0.6) is 0 Å². The highest BCUT2D eigenvalue weighted by Crippen LogP contribution is 2.28. The first kappa shape index (κ1) is 27.4. The van der Waals surface area contributed by atoms with Crippen molar-refractivity contribution in [2.24, 2.45) is 11.8 Å². The fourth-order valence-electron chi connectivity index (χ4n) is 3.62. The number of carboxylic acids is 1. The molecule has 1 unspecified atom stereocenters. The molecule has 3 heteroatoms. The number of hydrogen-bond donors (Lipinski definition) is 1. The van der Waals surface area contributed by atoms with E-state index in [1.807, 2.05) is 12.2 Å². The van der Waals surface area contributed by atoms with Crippen molar-refractivity contribution in [3.63, 3.8) is 0 Å². The van der Waals surface area contributed by atoms with E-state index >= 15 is 0 Å². The van der Waals surface area contributed by atoms with Crippen LogP contribution in [0.4, 0.5) is 4.39 Å². The molecule has 0 saturated heterocycles. The summed E-state index contributed by atoms with van der Waals surface area (Å²) in [6, 6.07) is 0. The van der Waals surface area contributed by atoms with Gasteiger partial charge in [0.1, 0.15) is 5.83 Å². The number of carboxylic acid groups (broad SMARTS) is 1. The summed E-state index contributed by atoms with van der Waals surface area (Å²) in [7, 11) is 0. The van der Waals surface area contributed by atoms with Crippen LogP contribution < -0.4 is 0 Å². The van der Waals surface area contributed by atoms with Gasteiger partial charge < -0.3 is 5.11 Å². The second kappa shape index (κ2) is 16.9. The second-order valence-electron chi connectivity index (χ2n) is 8.05. The van der Waals surface area contributed by atoms with Gasteiger partial charge in [-0.3, -0.25) is 4.79 Å². The van der Waals surface area contributed by atoms with Gasteiger partial charge >= 0.3 is 5.97 Å². The van der Waals surface area contributed by atoms with Gasteiger partial charge in [-0.1, -0.05) is 80.7 Å². The molecule has 0 aromatic carbocycles. The van der Waals surface area contributed by atoms with Gasteiger partial charge in [0.15, 0.2) is 0 Å². The van der Waals surface area contributed by atoms with Crippen LogP contribution >= 0.6 is 0 Å². The number of hydrogen-bond acceptors (Lipinski definition) is 1. The quantitative estimate of drug-likeness (QED) is 0.347. The predicted octanol–water partition coefficient (Wildman–Crippen LogP) is 8.59. The molecule has 2 atom stereocenters. The van der Waals surface area contributed by atoms with E-state index < -0.39 is 11.9 Å². The molecular weight excluding hydrogens is 399 g/mol. The van der Waals surface area contributed by atoms with Crippen molar-refractivity contribution >= 4 is 5.97 Å². The van der Waals surface area contributed by atoms with Gasteiger partial charge in [-0.25, -0.2) is 4.39 Å². The van der Waals surface area contributed by atoms with Gasteiger partial charge in [0.25, 0.3) is 0 Å². The summed E-state index contributed by atoms with van der Waals surface area (Å²) in [5.41, 5.74) is 1.69. The largest absolute Gasteiger partial charge is 0.481 e. The molecule has 0 fully saturated rings. The maximum atomic E-state index is 14.1. The lowest BCUT2D eigenvalue weighted by atomic mass is 9.93. The summed E-state index contributed by atoms with van der Waals surface area (Å²) in [6.07, 6.45) is 29.9. The molecule has 0 aliphatic heterocycles. The fraction of sp³-hybridized carbons (Fsp3) is 0.414. The summed E-state index contributed by atoms with van der Waals surface area (Å²) in [5.74, 6) is -1.32. The first-order valence-electron chi connectivity index (χ1n) is 11.7. The molecule has 0 heterocycles. The Morgan fingerprint density at radius 3 is 2.41 bits per heavy atom. The van der Waals surface area contributed by atoms with E-state index in [1.54, 1.807) is 0 Å². The average Bonchev–Trinajstić information content (AvgIpc) is 3.06. The highest BCUT2D eigenvalue weighted by Gasteiger charge is 2.13. The zero-order chi connectivity index (χ0) is 23.6. The Morgan fingerprint density at radius 1 is 1.16 bits per heavy atom. The Morgan fingerprint density at radius 2 is 1.88 bits per heavy atom. The van der Waals surface area contributed by atoms with E-state index in [1.165, 1.54) is 25.0 Å². The summed E-state index contributed by atoms with van der Waals surface area (Å²) < 4.78 is 14.1. The molecule has 0 aromatic rings. The van der Waals surface area contributed by atoms with Gasteiger partial charge in [0, 0.05) is 0 Å². The third-order valence-corrected chi connectivity index (χ3v) is 5.49. The normalized spacial score (nSPS) is 20.2. The van der Waals surface area contributed by atoms with Crippen LogP contribution in [0.3, 0.4) is 0 Å². The molecule has 174 valence electrons. The van der Waals surface area contributed by atoms with E-state index in [-0.39, 0.29) is 5.83 Å². The Balaban J connectivity index is 0.000000730. The molecule has 2 aliphatic carbocycles. The van der Waals surface area contributed by atoms with Crippen LogP contribution in [-0.2, 0) is 4.79 Å². The molecular formula is C29H39FO2. The van der Waals surface area contributed by atoms with E-state index in [9.17, 15) is 9.18 Å². The SMILES string of the molecule is C1=CCCC=C1.C=C/C(F)=C1/CCCC=C/C1=C\C[C@@H](/C=C/CC(C=C)C(=O)O)CCC. The van der Waals surface area contributed by atoms with E-state index in [4.69, 9.17) is 5.11 Å². The zero-order valence-electron chi connectivity index (χ0n) is 19.5. The molecule has 0 saturated carbocycles. The number of aliphatic carboxylic acids is 1. The molecule has 2 aliphatic rings. The third kappa shape index (κ3) is 11.1. The van der Waals surface area contributed by atoms with E-state index in [0.717, 1.165) is 49.7 Å². The summed E-state index contributed by atoms with van der Waals surface area (Å²) in [5, 5.41) is 9.08. The summed E-state index contributed by atoms with van der Waals surface area (Å²) in [4.78, 5) is 11.1. The standard InChI is InChI=1S/C23H31FO2.C6H8/c1-4-11-18(12-10-14-19(5-2)23(25)26)16-17-20-13-8-7-9-15-21(20)22(24)6-3;1-2-4-6-5-3-1/h5-6,8,10,12-13,17-19H,2-4,7,9,11,14-16H2,1H3,(H,25,26);1-4H,5-6H2/b12-10+,20-17+,22-21+;/t18-,19?;/m1./s1. The van der Waals surface area contributed by atoms with Crippen LogP contribution in [0.25, 0.3) is 0 Å². The van der Waals surface area contributed by atoms with Crippen LogP contribution in [-0.4, -0.2) is 11.1 Å². The number of carbonyl (C=O) groups is 1. The van der Waals surface area contributed by atoms with Crippen molar-refractivity contribution in [2.75, 3.05) is 0 Å². The Labute approximate surface area is 194 Å². The summed E-state index contributed by atoms with van der Waals surface area (Å²) >= 11 is 0. The van der Waals surface area contributed by atoms with Crippen molar-refractivity contribution in [1.29, 1.82) is 0 Å². The maximum absolute atomic E-state index is 14.1. The molecule has 0 aromatic heterocycles. The van der Waals surface area contributed by atoms with Crippen molar-refractivity contribution in [1.82, 2.24) is 0 Å². The van der Waals surface area contributed by atoms with Crippen molar-refractivity contribution < 1.29 is 14.3 Å². The molecule has 0 amide bonds. The lowest BCUT2D eigenvalue weighted by Gasteiger charge is -2.12. The van der Waals surface area contributed by atoms with Crippen molar-refractivity contribution in [2.45, 2.75) is 64.7 Å². The number of rotatable bonds is 10. The monoisotopic (exact) mass is 438 g/mol. The third-order valence-electron chi connectivity index (χ3n) is 5.49. The average molecular weight is 439 g/mol. The molecule has 32 heavy (non-hydrogen) atoms. The molecule has 2 nitrogen and oxygen atoms in total. The van der Waals surface area contributed by atoms with Gasteiger partial charge in [-0.15, -0.1) is 6.58 Å². The lowest BCUT2D eigenvalue weighted by Crippen LogP contribution is -2.09. The van der Waals surface area contributed by atoms with Crippen molar-refractivity contribution in [3.05, 3.63) is 97.0 Å². The molecule has 0 spiro atoms. The first-order chi connectivity index (χ1) is 15.5. The van der Waals surface area contributed by atoms with Crippen LogP contribution in [0.2, 0.25) is 0 Å². The highest BCUT2D eigenvalue weighted by atomic mass is 19.1. The lowest BCUT2D eigenvalue weighted by molar-refractivity contribution is -0.139. The molecule has 0 radical (unpaired) electrons. The van der Waals surface area contributed by atoms with Crippen LogP contribution in [0.15, 0.2) is 97.0 Å². The smallest absolute Gasteiger partial charge is 0.310 e. The van der Waals surface area contributed by atoms with Gasteiger partial charge in [-0.05, 0) is 74.5 Å². The molecule has 1 N–H and O–H groups in total. The van der Waals surface area contributed by atoms with Crippen LogP contribution in [0, 0.1) is 11.8 Å². The first-order valence-corrected chi connectivity index (χ1v) is 11.7. The van der Waals surface area contributed by atoms with Crippen LogP contribution in [0.1, 0.15) is 64.7 Å². The highest BCUT2D eigenvalue weighted by molar-refractivity contribution is 5.72. The minimum Gasteiger partial charge on any atom is -0.481 e. The van der Waals surface area contributed by atoms with E-state index in [0.29, 0.717) is 12.3 Å². The Hall–Kier alpha value is -2.68. The zero-order valence-corrected chi connectivity index (χ0v) is 19.5. The minimum absolute atomic E-state index is 0.235. The topological polar surface area (TPSA) is 37.3 Å². The predicted molar refractivity (Wildman–Crippen MR) is 135 cm³/mol. The fourth-order valence-corrected chi connectivity index (χ4v) is 3.62. The Bertz CT molecular complexity index is 765. The van der Waals surface area contributed by atoms with Crippen molar-refractivity contribution in [3.8, 4) is 0 Å². The second-order valence-corrected chi connectivity index (χ2v) is 8.05. The molecule has 0 bridgehead atoms.